The monoisotopic (exact) mass is 336 g/mol. The van der Waals surface area contributed by atoms with E-state index in [9.17, 15) is 13.2 Å². The fraction of sp³-hybridized carbons (Fsp3) is 0.333. The third kappa shape index (κ3) is 3.96. The van der Waals surface area contributed by atoms with Gasteiger partial charge in [0.25, 0.3) is 0 Å². The van der Waals surface area contributed by atoms with Gasteiger partial charge in [0.2, 0.25) is 15.9 Å². The standard InChI is InChI=1S/C15H20N4O3S/c1-11-15(12(2)18-17-11)23(21,22)19(3)10-14(20)16-9-13-7-5-4-6-8-13/h4-8H,9-10H2,1-3H3,(H,16,20)(H,17,18). The van der Waals surface area contributed by atoms with Gasteiger partial charge in [0, 0.05) is 13.6 Å². The average molecular weight is 336 g/mol. The first kappa shape index (κ1) is 17.2. The van der Waals surface area contributed by atoms with Crippen molar-refractivity contribution in [2.75, 3.05) is 13.6 Å². The molecule has 7 nitrogen and oxygen atoms in total. The number of hydrogen-bond acceptors (Lipinski definition) is 4. The van der Waals surface area contributed by atoms with Crippen LogP contribution in [0.25, 0.3) is 0 Å². The van der Waals surface area contributed by atoms with Crippen LogP contribution in [-0.4, -0.2) is 42.4 Å². The molecular weight excluding hydrogens is 316 g/mol. The van der Waals surface area contributed by atoms with Gasteiger partial charge in [-0.3, -0.25) is 9.89 Å². The lowest BCUT2D eigenvalue weighted by atomic mass is 10.2. The number of carbonyl (C=O) groups is 1. The topological polar surface area (TPSA) is 95.2 Å². The fourth-order valence-corrected chi connectivity index (χ4v) is 3.67. The van der Waals surface area contributed by atoms with E-state index < -0.39 is 10.0 Å². The van der Waals surface area contributed by atoms with Crippen LogP contribution in [0.3, 0.4) is 0 Å². The van der Waals surface area contributed by atoms with Crippen molar-refractivity contribution in [1.29, 1.82) is 0 Å². The summed E-state index contributed by atoms with van der Waals surface area (Å²) in [5.74, 6) is -0.362. The maximum absolute atomic E-state index is 12.5. The lowest BCUT2D eigenvalue weighted by Gasteiger charge is -2.17. The maximum Gasteiger partial charge on any atom is 0.246 e. The fourth-order valence-electron chi connectivity index (χ4n) is 2.22. The Bertz CT molecular complexity index is 765. The van der Waals surface area contributed by atoms with E-state index in [0.29, 0.717) is 17.9 Å². The number of benzene rings is 1. The second-order valence-corrected chi connectivity index (χ2v) is 7.27. The number of aromatic nitrogens is 2. The molecule has 0 radical (unpaired) electrons. The number of sulfonamides is 1. The maximum atomic E-state index is 12.5. The Hall–Kier alpha value is -2.19. The van der Waals surface area contributed by atoms with Gasteiger partial charge in [-0.2, -0.15) is 9.40 Å². The summed E-state index contributed by atoms with van der Waals surface area (Å²) in [4.78, 5) is 12.1. The van der Waals surface area contributed by atoms with Crippen LogP contribution in [0.1, 0.15) is 17.0 Å². The van der Waals surface area contributed by atoms with Crippen molar-refractivity contribution in [3.05, 3.63) is 47.3 Å². The van der Waals surface area contributed by atoms with Gasteiger partial charge in [0.1, 0.15) is 4.90 Å². The number of carbonyl (C=O) groups excluding carboxylic acids is 1. The van der Waals surface area contributed by atoms with E-state index in [2.05, 4.69) is 15.5 Å². The predicted molar refractivity (Wildman–Crippen MR) is 86.2 cm³/mol. The summed E-state index contributed by atoms with van der Waals surface area (Å²) in [6.45, 7) is 3.35. The molecule has 0 atom stereocenters. The molecule has 0 saturated heterocycles. The van der Waals surface area contributed by atoms with E-state index in [1.165, 1.54) is 7.05 Å². The summed E-state index contributed by atoms with van der Waals surface area (Å²) >= 11 is 0. The first-order valence-corrected chi connectivity index (χ1v) is 8.55. The first-order valence-electron chi connectivity index (χ1n) is 7.11. The van der Waals surface area contributed by atoms with Crippen LogP contribution in [0.15, 0.2) is 35.2 Å². The molecule has 2 N–H and O–H groups in total. The lowest BCUT2D eigenvalue weighted by Crippen LogP contribution is -2.38. The van der Waals surface area contributed by atoms with Crippen molar-refractivity contribution in [3.63, 3.8) is 0 Å². The second-order valence-electron chi connectivity index (χ2n) is 5.29. The smallest absolute Gasteiger partial charge is 0.246 e. The van der Waals surface area contributed by atoms with Crippen LogP contribution >= 0.6 is 0 Å². The van der Waals surface area contributed by atoms with Crippen LogP contribution in [0.5, 0.6) is 0 Å². The van der Waals surface area contributed by atoms with Crippen molar-refractivity contribution in [3.8, 4) is 0 Å². The summed E-state index contributed by atoms with van der Waals surface area (Å²) in [6.07, 6.45) is 0. The molecule has 1 heterocycles. The number of aryl methyl sites for hydroxylation is 2. The number of aromatic amines is 1. The molecule has 0 spiro atoms. The second kappa shape index (κ2) is 6.93. The summed E-state index contributed by atoms with van der Waals surface area (Å²) in [5, 5.41) is 9.24. The number of H-pyrrole nitrogens is 1. The number of amides is 1. The minimum Gasteiger partial charge on any atom is -0.351 e. The molecule has 0 aliphatic rings. The van der Waals surface area contributed by atoms with E-state index in [0.717, 1.165) is 9.87 Å². The van der Waals surface area contributed by atoms with Gasteiger partial charge in [-0.15, -0.1) is 0 Å². The van der Waals surface area contributed by atoms with Gasteiger partial charge in [-0.1, -0.05) is 30.3 Å². The van der Waals surface area contributed by atoms with Crippen LogP contribution in [0, 0.1) is 13.8 Å². The van der Waals surface area contributed by atoms with Gasteiger partial charge >= 0.3 is 0 Å². The zero-order chi connectivity index (χ0) is 17.0. The Labute approximate surface area is 135 Å². The number of hydrogen-bond donors (Lipinski definition) is 2. The molecule has 0 fully saturated rings. The van der Waals surface area contributed by atoms with Crippen molar-refractivity contribution in [2.24, 2.45) is 0 Å². The van der Waals surface area contributed by atoms with Gasteiger partial charge in [-0.25, -0.2) is 8.42 Å². The van der Waals surface area contributed by atoms with E-state index in [1.807, 2.05) is 30.3 Å². The molecule has 0 aliphatic heterocycles. The van der Waals surface area contributed by atoms with E-state index in [-0.39, 0.29) is 17.3 Å². The van der Waals surface area contributed by atoms with E-state index >= 15 is 0 Å². The third-order valence-corrected chi connectivity index (χ3v) is 5.49. The van der Waals surface area contributed by atoms with Crippen LogP contribution in [0.4, 0.5) is 0 Å². The molecule has 0 unspecified atom stereocenters. The van der Waals surface area contributed by atoms with Crippen molar-refractivity contribution in [1.82, 2.24) is 19.8 Å². The lowest BCUT2D eigenvalue weighted by molar-refractivity contribution is -0.121. The Morgan fingerprint density at radius 2 is 1.91 bits per heavy atom. The number of nitrogens with one attached hydrogen (secondary N) is 2. The number of nitrogens with zero attached hydrogens (tertiary/aromatic N) is 2. The molecule has 8 heteroatoms. The minimum atomic E-state index is -3.76. The highest BCUT2D eigenvalue weighted by molar-refractivity contribution is 7.89. The summed E-state index contributed by atoms with van der Waals surface area (Å²) in [5.41, 5.74) is 1.80. The molecular formula is C15H20N4O3S. The molecule has 124 valence electrons. The molecule has 1 amide bonds. The largest absolute Gasteiger partial charge is 0.351 e. The summed E-state index contributed by atoms with van der Waals surface area (Å²) < 4.78 is 26.1. The molecule has 1 aromatic heterocycles. The van der Waals surface area contributed by atoms with Gasteiger partial charge < -0.3 is 5.32 Å². The predicted octanol–water partition coefficient (Wildman–Crippen LogP) is 0.963. The first-order chi connectivity index (χ1) is 10.8. The Balaban J connectivity index is 2.01. The molecule has 0 saturated carbocycles. The van der Waals surface area contributed by atoms with Gasteiger partial charge in [-0.05, 0) is 19.4 Å². The Morgan fingerprint density at radius 3 is 2.48 bits per heavy atom. The highest BCUT2D eigenvalue weighted by Crippen LogP contribution is 2.20. The minimum absolute atomic E-state index is 0.121. The SMILES string of the molecule is Cc1n[nH]c(C)c1S(=O)(=O)N(C)CC(=O)NCc1ccccc1. The molecule has 0 aliphatic carbocycles. The zero-order valence-corrected chi connectivity index (χ0v) is 14.1. The van der Waals surface area contributed by atoms with Crippen molar-refractivity contribution in [2.45, 2.75) is 25.3 Å². The normalized spacial score (nSPS) is 11.7. The number of likely N-dealkylation sites (N-methyl/N-ethyl adjacent to an activating group) is 1. The average Bonchev–Trinajstić information content (AvgIpc) is 2.85. The van der Waals surface area contributed by atoms with E-state index in [1.54, 1.807) is 13.8 Å². The molecule has 1 aromatic carbocycles. The van der Waals surface area contributed by atoms with Crippen molar-refractivity contribution >= 4 is 15.9 Å². The summed E-state index contributed by atoms with van der Waals surface area (Å²) in [6, 6.07) is 9.42. The molecule has 0 bridgehead atoms. The summed E-state index contributed by atoms with van der Waals surface area (Å²) in [7, 11) is -2.38. The Morgan fingerprint density at radius 1 is 1.26 bits per heavy atom. The van der Waals surface area contributed by atoms with Crippen LogP contribution in [-0.2, 0) is 21.4 Å². The van der Waals surface area contributed by atoms with Crippen LogP contribution in [0.2, 0.25) is 0 Å². The van der Waals surface area contributed by atoms with Crippen LogP contribution < -0.4 is 5.32 Å². The molecule has 23 heavy (non-hydrogen) atoms. The van der Waals surface area contributed by atoms with Crippen molar-refractivity contribution < 1.29 is 13.2 Å². The highest BCUT2D eigenvalue weighted by atomic mass is 32.2. The number of rotatable bonds is 6. The zero-order valence-electron chi connectivity index (χ0n) is 13.3. The van der Waals surface area contributed by atoms with Gasteiger partial charge in [0.05, 0.1) is 17.9 Å². The van der Waals surface area contributed by atoms with E-state index in [4.69, 9.17) is 0 Å². The van der Waals surface area contributed by atoms with Gasteiger partial charge in [0.15, 0.2) is 0 Å². The Kier molecular flexibility index (Phi) is 5.17. The quantitative estimate of drug-likeness (QED) is 0.821. The third-order valence-electron chi connectivity index (χ3n) is 3.43. The molecule has 2 rings (SSSR count). The molecule has 2 aromatic rings. The highest BCUT2D eigenvalue weighted by Gasteiger charge is 2.28.